The smallest absolute Gasteiger partial charge is 0.263 e. The number of carbonyl (C=O) groups excluding carboxylic acids is 1. The normalized spacial score (nSPS) is 15.5. The van der Waals surface area contributed by atoms with E-state index in [0.29, 0.717) is 33.7 Å². The number of thiophene rings is 1. The maximum Gasteiger partial charge on any atom is 0.263 e. The first-order valence-corrected chi connectivity index (χ1v) is 16.3. The van der Waals surface area contributed by atoms with Crippen LogP contribution in [0, 0.1) is 18.3 Å². The number of nitrogens with one attached hydrogen (secondary N) is 2. The molecule has 5 aromatic rings. The Morgan fingerprint density at radius 2 is 2.00 bits per heavy atom. The lowest BCUT2D eigenvalue weighted by atomic mass is 10.0. The number of hydrogen-bond acceptors (Lipinski definition) is 7. The first-order chi connectivity index (χ1) is 22.6. The molecule has 4 heterocycles. The first-order valence-electron chi connectivity index (χ1n) is 15.5. The molecular weight excluding hydrogens is 609 g/mol. The zero-order valence-corrected chi connectivity index (χ0v) is 27.9. The third-order valence-electron chi connectivity index (χ3n) is 8.53. The van der Waals surface area contributed by atoms with Crippen LogP contribution < -0.4 is 15.5 Å². The fourth-order valence-electron chi connectivity index (χ4n) is 6.01. The highest BCUT2D eigenvalue weighted by molar-refractivity contribution is 7.21. The molecule has 0 spiro atoms. The second-order valence-corrected chi connectivity index (χ2v) is 13.3. The Morgan fingerprint density at radius 1 is 1.21 bits per heavy atom. The number of aromatic amines is 1. The summed E-state index contributed by atoms with van der Waals surface area (Å²) in [4.78, 5) is 25.3. The van der Waals surface area contributed by atoms with Crippen molar-refractivity contribution in [1.29, 1.82) is 5.26 Å². The Labute approximate surface area is 278 Å². The van der Waals surface area contributed by atoms with Gasteiger partial charge in [-0.05, 0) is 81.7 Å². The van der Waals surface area contributed by atoms with Crippen LogP contribution in [-0.2, 0) is 4.74 Å². The maximum atomic E-state index is 13.8. The first kappa shape index (κ1) is 31.9. The number of pyridine rings is 1. The van der Waals surface area contributed by atoms with Crippen molar-refractivity contribution in [1.82, 2.24) is 24.8 Å². The van der Waals surface area contributed by atoms with Crippen LogP contribution in [0.4, 0.5) is 0 Å². The van der Waals surface area contributed by atoms with Crippen LogP contribution in [-0.4, -0.2) is 57.2 Å². The van der Waals surface area contributed by atoms with E-state index in [4.69, 9.17) is 9.47 Å². The predicted molar refractivity (Wildman–Crippen MR) is 188 cm³/mol. The number of ether oxygens (including phenoxy) is 2. The molecular formula is C37H38N6O3S. The molecule has 10 heteroatoms. The van der Waals surface area contributed by atoms with E-state index < -0.39 is 5.60 Å². The lowest BCUT2D eigenvalue weighted by molar-refractivity contribution is 0.0650. The number of rotatable bonds is 9. The highest BCUT2D eigenvalue weighted by atomic mass is 32.1. The van der Waals surface area contributed by atoms with Crippen molar-refractivity contribution < 1.29 is 14.3 Å². The molecule has 1 fully saturated rings. The quantitative estimate of drug-likeness (QED) is 0.133. The molecule has 3 aromatic heterocycles. The number of benzene rings is 2. The van der Waals surface area contributed by atoms with E-state index in [1.807, 2.05) is 75.4 Å². The predicted octanol–water partition coefficient (Wildman–Crippen LogP) is 6.94. The molecule has 1 amide bonds. The average Bonchev–Trinajstić information content (AvgIpc) is 3.44. The minimum absolute atomic E-state index is 0.115. The van der Waals surface area contributed by atoms with Gasteiger partial charge in [0.15, 0.2) is 0 Å². The summed E-state index contributed by atoms with van der Waals surface area (Å²) in [5.74, 6) is 1.34. The Bertz CT molecular complexity index is 2110. The van der Waals surface area contributed by atoms with Crippen LogP contribution in [0.15, 0.2) is 84.7 Å². The van der Waals surface area contributed by atoms with E-state index in [1.165, 1.54) is 11.3 Å². The van der Waals surface area contributed by atoms with E-state index in [-0.39, 0.29) is 11.9 Å². The Balaban J connectivity index is 1.27. The zero-order chi connectivity index (χ0) is 33.3. The van der Waals surface area contributed by atoms with Gasteiger partial charge in [-0.15, -0.1) is 11.3 Å². The number of methoxy groups -OCH3 is 1. The average molecular weight is 647 g/mol. The van der Waals surface area contributed by atoms with Crippen molar-refractivity contribution >= 4 is 45.1 Å². The molecule has 6 rings (SSSR count). The lowest BCUT2D eigenvalue weighted by Gasteiger charge is -2.36. The highest BCUT2D eigenvalue weighted by Crippen LogP contribution is 2.35. The maximum absolute atomic E-state index is 13.8. The number of nitriles is 1. The highest BCUT2D eigenvalue weighted by Gasteiger charge is 2.27. The van der Waals surface area contributed by atoms with E-state index in [0.717, 1.165) is 57.9 Å². The van der Waals surface area contributed by atoms with E-state index >= 15 is 0 Å². The summed E-state index contributed by atoms with van der Waals surface area (Å²) in [6.45, 7) is 15.7. The van der Waals surface area contributed by atoms with Crippen molar-refractivity contribution in [3.8, 4) is 23.3 Å². The van der Waals surface area contributed by atoms with Gasteiger partial charge in [-0.1, -0.05) is 31.4 Å². The van der Waals surface area contributed by atoms with Gasteiger partial charge in [0.25, 0.3) is 5.91 Å². The van der Waals surface area contributed by atoms with Gasteiger partial charge in [0.1, 0.15) is 32.8 Å². The van der Waals surface area contributed by atoms with E-state index in [2.05, 4.69) is 44.0 Å². The molecule has 2 aromatic carbocycles. The number of hydrogen-bond donors (Lipinski definition) is 2. The minimum Gasteiger partial charge on any atom is -0.457 e. The SMILES string of the molecule is C=C(/C(C#N)=C/C(C)(C)OC)N1CCC[C@@H](NC(=O)c2sc3nccc4c3c2[nH]c(=C)n4-c2ccc(Oc3ccccc3)cc2C)C1. The van der Waals surface area contributed by atoms with Gasteiger partial charge < -0.3 is 24.7 Å². The van der Waals surface area contributed by atoms with Gasteiger partial charge in [-0.2, -0.15) is 5.26 Å². The van der Waals surface area contributed by atoms with Gasteiger partial charge in [0.2, 0.25) is 0 Å². The summed E-state index contributed by atoms with van der Waals surface area (Å²) in [5, 5.41) is 14.0. The standard InChI is InChI=1S/C37H38N6O3S/c1-23-19-29(46-28-12-8-7-9-13-28)14-15-30(23)43-25(3)40-33-32-31(43)16-17-39-36(32)47-34(33)35(44)41-27-11-10-18-42(22-27)24(2)26(21-38)20-37(4,5)45-6/h7-9,12-17,19-20,27,40H,2-3,10-11,18,22H2,1,4-6H3,(H,41,44)/b26-20+/t27-/m1/s1. The second kappa shape index (κ2) is 12.9. The summed E-state index contributed by atoms with van der Waals surface area (Å²) in [7, 11) is 1.61. The monoisotopic (exact) mass is 646 g/mol. The van der Waals surface area contributed by atoms with Crippen LogP contribution in [0.5, 0.6) is 11.5 Å². The molecule has 2 N–H and O–H groups in total. The number of carbonyl (C=O) groups is 1. The van der Waals surface area contributed by atoms with Crippen molar-refractivity contribution in [2.45, 2.75) is 45.3 Å². The molecule has 1 aliphatic heterocycles. The third kappa shape index (κ3) is 6.45. The largest absolute Gasteiger partial charge is 0.457 e. The van der Waals surface area contributed by atoms with Crippen LogP contribution in [0.2, 0.25) is 0 Å². The van der Waals surface area contributed by atoms with Crippen molar-refractivity contribution in [2.75, 3.05) is 20.2 Å². The Hall–Kier alpha value is -5.11. The molecule has 0 aliphatic carbocycles. The van der Waals surface area contributed by atoms with Gasteiger partial charge in [-0.3, -0.25) is 9.36 Å². The van der Waals surface area contributed by atoms with Crippen LogP contribution in [0.1, 0.15) is 41.9 Å². The summed E-state index contributed by atoms with van der Waals surface area (Å²) in [5.41, 5.74) is 4.70. The van der Waals surface area contributed by atoms with E-state index in [1.54, 1.807) is 19.4 Å². The summed E-state index contributed by atoms with van der Waals surface area (Å²) in [6.07, 6.45) is 5.24. The number of allylic oxidation sites excluding steroid dienone is 1. The lowest BCUT2D eigenvalue weighted by Crippen LogP contribution is -2.47. The Morgan fingerprint density at radius 3 is 2.72 bits per heavy atom. The number of H-pyrrole nitrogens is 1. The van der Waals surface area contributed by atoms with Gasteiger partial charge in [-0.25, -0.2) is 4.98 Å². The van der Waals surface area contributed by atoms with Gasteiger partial charge in [0.05, 0.1) is 33.3 Å². The van der Waals surface area contributed by atoms with Gasteiger partial charge >= 0.3 is 0 Å². The minimum atomic E-state index is -0.599. The number of piperidine rings is 1. The van der Waals surface area contributed by atoms with Crippen molar-refractivity contribution in [3.05, 3.63) is 101 Å². The molecule has 9 nitrogen and oxygen atoms in total. The number of amides is 1. The molecule has 0 unspecified atom stereocenters. The molecule has 1 saturated heterocycles. The second-order valence-electron chi connectivity index (χ2n) is 12.3. The van der Waals surface area contributed by atoms with Crippen molar-refractivity contribution in [3.63, 3.8) is 0 Å². The molecule has 1 aliphatic rings. The molecule has 47 heavy (non-hydrogen) atoms. The summed E-state index contributed by atoms with van der Waals surface area (Å²) in [6, 6.07) is 19.8. The molecule has 0 bridgehead atoms. The fourth-order valence-corrected chi connectivity index (χ4v) is 7.03. The summed E-state index contributed by atoms with van der Waals surface area (Å²) >= 11 is 1.36. The van der Waals surface area contributed by atoms with Gasteiger partial charge in [0, 0.05) is 38.1 Å². The topological polar surface area (TPSA) is 108 Å². The summed E-state index contributed by atoms with van der Waals surface area (Å²) < 4.78 is 13.6. The van der Waals surface area contributed by atoms with Crippen LogP contribution in [0.25, 0.3) is 33.5 Å². The Kier molecular flexibility index (Phi) is 8.78. The van der Waals surface area contributed by atoms with Crippen LogP contribution >= 0.6 is 11.3 Å². The number of aryl methyl sites for hydroxylation is 1. The number of nitrogens with zero attached hydrogens (tertiary/aromatic N) is 4. The number of likely N-dealkylation sites (tertiary alicyclic amines) is 1. The molecule has 1 atom stereocenters. The number of para-hydroxylation sites is 1. The number of aromatic nitrogens is 3. The fraction of sp³-hybridized carbons (Fsp3) is 0.270. The molecule has 240 valence electrons. The third-order valence-corrected chi connectivity index (χ3v) is 9.63. The van der Waals surface area contributed by atoms with Crippen LogP contribution in [0.3, 0.4) is 0 Å². The van der Waals surface area contributed by atoms with E-state index in [9.17, 15) is 10.1 Å². The molecule has 0 saturated carbocycles. The molecule has 0 radical (unpaired) electrons. The van der Waals surface area contributed by atoms with Crippen molar-refractivity contribution in [2.24, 2.45) is 0 Å². The zero-order valence-electron chi connectivity index (χ0n) is 27.1.